The Labute approximate surface area is 177 Å². The van der Waals surface area contributed by atoms with Crippen LogP contribution in [0.5, 0.6) is 5.75 Å². The molecule has 30 heavy (non-hydrogen) atoms. The SMILES string of the molecule is COC1=Nc2cc(OC)c(F)cc2C(c2ccccc2Cl)=NC1/C(C)=N/NC(N)=O. The molecule has 1 aliphatic heterocycles. The molecule has 8 nitrogen and oxygen atoms in total. The molecule has 0 aliphatic carbocycles. The number of fused-ring (bicyclic) bond motifs is 1. The first-order chi connectivity index (χ1) is 14.3. The number of hydrazone groups is 1. The smallest absolute Gasteiger partial charge is 0.332 e. The predicted octanol–water partition coefficient (Wildman–Crippen LogP) is 3.43. The van der Waals surface area contributed by atoms with Gasteiger partial charge in [-0.25, -0.2) is 19.6 Å². The topological polar surface area (TPSA) is 111 Å². The molecular formula is C20H19ClFN5O3. The summed E-state index contributed by atoms with van der Waals surface area (Å²) in [4.78, 5) is 20.3. The highest BCUT2D eigenvalue weighted by Crippen LogP contribution is 2.34. The number of nitrogens with two attached hydrogens (primary N) is 1. The molecule has 10 heteroatoms. The number of methoxy groups -OCH3 is 2. The van der Waals surface area contributed by atoms with Gasteiger partial charge >= 0.3 is 6.03 Å². The third-order valence-electron chi connectivity index (χ3n) is 4.32. The summed E-state index contributed by atoms with van der Waals surface area (Å²) in [5.41, 5.74) is 9.33. The molecule has 0 saturated carbocycles. The first-order valence-corrected chi connectivity index (χ1v) is 9.16. The Morgan fingerprint density at radius 3 is 2.60 bits per heavy atom. The zero-order chi connectivity index (χ0) is 21.8. The summed E-state index contributed by atoms with van der Waals surface area (Å²) in [7, 11) is 2.79. The van der Waals surface area contributed by atoms with Crippen LogP contribution in [-0.4, -0.2) is 43.6 Å². The van der Waals surface area contributed by atoms with Crippen LogP contribution in [0.4, 0.5) is 14.9 Å². The molecule has 2 aromatic carbocycles. The Bertz CT molecular complexity index is 1080. The number of amides is 2. The molecule has 0 bridgehead atoms. The summed E-state index contributed by atoms with van der Waals surface area (Å²) in [6.07, 6.45) is 0. The number of aliphatic imine (C=N–C) groups is 2. The normalized spacial score (nSPS) is 16.0. The average Bonchev–Trinajstić information content (AvgIpc) is 2.88. The lowest BCUT2D eigenvalue weighted by Gasteiger charge is -2.15. The lowest BCUT2D eigenvalue weighted by atomic mass is 10.00. The quantitative estimate of drug-likeness (QED) is 0.571. The number of halogens is 2. The number of carbonyl (C=O) groups is 1. The fourth-order valence-electron chi connectivity index (χ4n) is 2.92. The Hall–Kier alpha value is -3.46. The average molecular weight is 432 g/mol. The highest BCUT2D eigenvalue weighted by Gasteiger charge is 2.28. The van der Waals surface area contributed by atoms with Gasteiger partial charge in [0.05, 0.1) is 31.3 Å². The van der Waals surface area contributed by atoms with E-state index >= 15 is 0 Å². The number of carbonyl (C=O) groups excluding carboxylic acids is 1. The van der Waals surface area contributed by atoms with Crippen LogP contribution in [0.1, 0.15) is 18.1 Å². The van der Waals surface area contributed by atoms with Crippen LogP contribution in [0, 0.1) is 5.82 Å². The minimum atomic E-state index is -0.829. The van der Waals surface area contributed by atoms with Crippen molar-refractivity contribution >= 4 is 40.6 Å². The van der Waals surface area contributed by atoms with E-state index in [9.17, 15) is 9.18 Å². The Morgan fingerprint density at radius 2 is 1.97 bits per heavy atom. The number of benzene rings is 2. The van der Waals surface area contributed by atoms with Gasteiger partial charge in [-0.15, -0.1) is 0 Å². The minimum absolute atomic E-state index is 0.0192. The highest BCUT2D eigenvalue weighted by atomic mass is 35.5. The monoisotopic (exact) mass is 431 g/mol. The maximum absolute atomic E-state index is 14.6. The molecule has 1 heterocycles. The molecule has 0 fully saturated rings. The minimum Gasteiger partial charge on any atom is -0.494 e. The molecule has 2 aromatic rings. The first-order valence-electron chi connectivity index (χ1n) is 8.78. The van der Waals surface area contributed by atoms with Crippen molar-refractivity contribution in [2.75, 3.05) is 14.2 Å². The number of primary amides is 1. The Kier molecular flexibility index (Phi) is 6.31. The van der Waals surface area contributed by atoms with Gasteiger partial charge in [0, 0.05) is 22.2 Å². The number of urea groups is 1. The van der Waals surface area contributed by atoms with Gasteiger partial charge in [-0.2, -0.15) is 5.10 Å². The molecule has 156 valence electrons. The van der Waals surface area contributed by atoms with E-state index in [1.54, 1.807) is 31.2 Å². The van der Waals surface area contributed by atoms with Crippen LogP contribution in [0.25, 0.3) is 0 Å². The molecule has 3 rings (SSSR count). The zero-order valence-electron chi connectivity index (χ0n) is 16.4. The van der Waals surface area contributed by atoms with E-state index < -0.39 is 17.9 Å². The number of nitrogens with one attached hydrogen (secondary N) is 1. The van der Waals surface area contributed by atoms with Crippen LogP contribution in [0.3, 0.4) is 0 Å². The molecule has 0 aromatic heterocycles. The van der Waals surface area contributed by atoms with Gasteiger partial charge in [-0.1, -0.05) is 29.8 Å². The Morgan fingerprint density at radius 1 is 1.23 bits per heavy atom. The fourth-order valence-corrected chi connectivity index (χ4v) is 3.14. The van der Waals surface area contributed by atoms with Crippen LogP contribution in [0.15, 0.2) is 51.5 Å². The molecule has 2 amide bonds. The van der Waals surface area contributed by atoms with E-state index in [4.69, 9.17) is 31.8 Å². The second kappa shape index (κ2) is 8.91. The predicted molar refractivity (Wildman–Crippen MR) is 114 cm³/mol. The molecular weight excluding hydrogens is 413 g/mol. The molecule has 3 N–H and O–H groups in total. The molecule has 1 atom stereocenters. The van der Waals surface area contributed by atoms with Crippen molar-refractivity contribution in [3.8, 4) is 5.75 Å². The van der Waals surface area contributed by atoms with Crippen LogP contribution < -0.4 is 15.9 Å². The van der Waals surface area contributed by atoms with Crippen LogP contribution >= 0.6 is 11.6 Å². The summed E-state index contributed by atoms with van der Waals surface area (Å²) in [6, 6.07) is 8.10. The highest BCUT2D eigenvalue weighted by molar-refractivity contribution is 6.36. The largest absolute Gasteiger partial charge is 0.494 e. The van der Waals surface area contributed by atoms with Crippen molar-refractivity contribution in [3.05, 3.63) is 58.4 Å². The summed E-state index contributed by atoms with van der Waals surface area (Å²) in [5.74, 6) is -0.380. The summed E-state index contributed by atoms with van der Waals surface area (Å²) >= 11 is 6.40. The standard InChI is InChI=1S/C20H19ClFN5O3/c1-10(26-27-20(23)28)17-19(30-3)24-15-9-16(29-2)14(22)8-12(15)18(25-17)11-6-4-5-7-13(11)21/h4-9,17H,1-3H3,(H3,23,27,28)/b26-10+. The lowest BCUT2D eigenvalue weighted by Crippen LogP contribution is -2.32. The van der Waals surface area contributed by atoms with E-state index in [0.717, 1.165) is 0 Å². The first kappa shape index (κ1) is 21.3. The van der Waals surface area contributed by atoms with E-state index in [0.29, 0.717) is 33.3 Å². The number of hydrogen-bond donors (Lipinski definition) is 2. The zero-order valence-corrected chi connectivity index (χ0v) is 17.2. The summed E-state index contributed by atoms with van der Waals surface area (Å²) in [6.45, 7) is 1.63. The third kappa shape index (κ3) is 4.25. The van der Waals surface area contributed by atoms with Gasteiger partial charge in [0.2, 0.25) is 5.90 Å². The van der Waals surface area contributed by atoms with Gasteiger partial charge in [-0.3, -0.25) is 4.99 Å². The van der Waals surface area contributed by atoms with Gasteiger partial charge in [0.25, 0.3) is 0 Å². The van der Waals surface area contributed by atoms with Crippen molar-refractivity contribution in [1.29, 1.82) is 0 Å². The number of nitrogens with zero attached hydrogens (tertiary/aromatic N) is 3. The lowest BCUT2D eigenvalue weighted by molar-refractivity contribution is 0.249. The van der Waals surface area contributed by atoms with Crippen molar-refractivity contribution in [3.63, 3.8) is 0 Å². The van der Waals surface area contributed by atoms with Gasteiger partial charge < -0.3 is 15.2 Å². The number of hydrogen-bond acceptors (Lipinski definition) is 6. The summed E-state index contributed by atoms with van der Waals surface area (Å²) in [5, 5.41) is 4.36. The molecule has 1 unspecified atom stereocenters. The molecule has 0 spiro atoms. The molecule has 0 radical (unpaired) electrons. The fraction of sp³-hybridized carbons (Fsp3) is 0.200. The van der Waals surface area contributed by atoms with Crippen LogP contribution in [0.2, 0.25) is 5.02 Å². The Balaban J connectivity index is 2.29. The maximum Gasteiger partial charge on any atom is 0.332 e. The van der Waals surface area contributed by atoms with Gasteiger partial charge in [-0.05, 0) is 19.1 Å². The molecule has 0 saturated heterocycles. The second-order valence-electron chi connectivity index (χ2n) is 6.25. The van der Waals surface area contributed by atoms with Crippen molar-refractivity contribution in [1.82, 2.24) is 5.43 Å². The number of ether oxygens (including phenoxy) is 2. The molecule has 1 aliphatic rings. The number of rotatable bonds is 4. The van der Waals surface area contributed by atoms with E-state index in [-0.39, 0.29) is 11.6 Å². The van der Waals surface area contributed by atoms with Crippen molar-refractivity contribution in [2.45, 2.75) is 13.0 Å². The van der Waals surface area contributed by atoms with E-state index in [1.165, 1.54) is 26.4 Å². The van der Waals surface area contributed by atoms with Crippen LogP contribution in [-0.2, 0) is 4.74 Å². The van der Waals surface area contributed by atoms with E-state index in [1.807, 2.05) is 0 Å². The summed E-state index contributed by atoms with van der Waals surface area (Å²) < 4.78 is 25.1. The van der Waals surface area contributed by atoms with Crippen molar-refractivity contribution in [2.24, 2.45) is 20.8 Å². The maximum atomic E-state index is 14.6. The van der Waals surface area contributed by atoms with Gasteiger partial charge in [0.15, 0.2) is 17.6 Å². The van der Waals surface area contributed by atoms with Gasteiger partial charge in [0.1, 0.15) is 0 Å². The third-order valence-corrected chi connectivity index (χ3v) is 4.65. The van der Waals surface area contributed by atoms with E-state index in [2.05, 4.69) is 15.5 Å². The second-order valence-corrected chi connectivity index (χ2v) is 6.65. The van der Waals surface area contributed by atoms with Crippen molar-refractivity contribution < 1.29 is 18.7 Å².